The third-order valence-electron chi connectivity index (χ3n) is 0.987. The van der Waals surface area contributed by atoms with Crippen molar-refractivity contribution in [3.8, 4) is 0 Å². The molecule has 0 fully saturated rings. The summed E-state index contributed by atoms with van der Waals surface area (Å²) in [5, 5.41) is 15.9. The molecular formula is C8H21ClNO2. The summed E-state index contributed by atoms with van der Waals surface area (Å²) < 4.78 is 0.945. The predicted molar refractivity (Wildman–Crippen MR) is 47.0 cm³/mol. The van der Waals surface area contributed by atoms with Crippen LogP contribution >= 0.6 is 0 Å². The van der Waals surface area contributed by atoms with Crippen LogP contribution in [0.4, 0.5) is 0 Å². The van der Waals surface area contributed by atoms with E-state index in [0.717, 1.165) is 17.4 Å². The van der Waals surface area contributed by atoms with Crippen LogP contribution < -0.4 is 12.4 Å². The van der Waals surface area contributed by atoms with Gasteiger partial charge >= 0.3 is 0 Å². The number of hydrogen-bond donors (Lipinski definition) is 2. The summed E-state index contributed by atoms with van der Waals surface area (Å²) in [5.74, 6) is 0. The van der Waals surface area contributed by atoms with Crippen molar-refractivity contribution in [2.24, 2.45) is 0 Å². The molecule has 4 heteroatoms. The molecule has 0 saturated carbocycles. The third-order valence-corrected chi connectivity index (χ3v) is 0.987. The fourth-order valence-electron chi connectivity index (χ4n) is 0.545. The number of nitrogens with zero attached hydrogens (tertiary/aromatic N) is 1. The zero-order valence-electron chi connectivity index (χ0n) is 8.26. The summed E-state index contributed by atoms with van der Waals surface area (Å²) >= 11 is 0. The SMILES string of the molecule is C[N+](C)(C)CCCO.[CH2]CO.[Cl-]. The molecule has 0 rings (SSSR count). The first-order valence-electron chi connectivity index (χ1n) is 3.79. The van der Waals surface area contributed by atoms with Crippen LogP contribution in [0.15, 0.2) is 0 Å². The molecule has 2 N–H and O–H groups in total. The number of hydrogen-bond acceptors (Lipinski definition) is 2. The molecule has 0 aliphatic heterocycles. The molecule has 0 aromatic heterocycles. The van der Waals surface area contributed by atoms with Gasteiger partial charge in [-0.2, -0.15) is 0 Å². The number of halogens is 1. The van der Waals surface area contributed by atoms with Gasteiger partial charge in [-0.1, -0.05) is 0 Å². The first kappa shape index (κ1) is 18.1. The van der Waals surface area contributed by atoms with E-state index in [4.69, 9.17) is 10.2 Å². The Kier molecular flexibility index (Phi) is 16.8. The van der Waals surface area contributed by atoms with Crippen LogP contribution in [0, 0.1) is 6.92 Å². The van der Waals surface area contributed by atoms with E-state index in [2.05, 4.69) is 28.1 Å². The Hall–Kier alpha value is 0.170. The lowest BCUT2D eigenvalue weighted by Crippen LogP contribution is -3.00. The van der Waals surface area contributed by atoms with Gasteiger partial charge < -0.3 is 27.1 Å². The molecule has 12 heavy (non-hydrogen) atoms. The standard InChI is InChI=1S/C6H16NO.C2H5O.ClH/c1-7(2,3)5-4-6-8;1-2-3;/h8H,4-6H2,1-3H3;3H,1-2H2;1H/q+1;;/p-1. The Balaban J connectivity index is -0.000000177. The van der Waals surface area contributed by atoms with E-state index in [0.29, 0.717) is 6.61 Å². The van der Waals surface area contributed by atoms with Gasteiger partial charge in [0.1, 0.15) is 0 Å². The van der Waals surface area contributed by atoms with Crippen molar-refractivity contribution < 1.29 is 27.1 Å². The van der Waals surface area contributed by atoms with Crippen LogP contribution in [0.3, 0.4) is 0 Å². The second kappa shape index (κ2) is 11.2. The second-order valence-electron chi connectivity index (χ2n) is 3.31. The zero-order valence-corrected chi connectivity index (χ0v) is 9.01. The highest BCUT2D eigenvalue weighted by Crippen LogP contribution is 1.90. The van der Waals surface area contributed by atoms with Gasteiger partial charge in [-0.3, -0.25) is 0 Å². The van der Waals surface area contributed by atoms with E-state index in [1.807, 2.05) is 0 Å². The predicted octanol–water partition coefficient (Wildman–Crippen LogP) is -3.11. The van der Waals surface area contributed by atoms with E-state index in [1.54, 1.807) is 0 Å². The number of aliphatic hydroxyl groups excluding tert-OH is 2. The lowest BCUT2D eigenvalue weighted by atomic mass is 10.4. The normalized spacial score (nSPS) is 9.50. The van der Waals surface area contributed by atoms with Crippen LogP contribution in [0.2, 0.25) is 0 Å². The third kappa shape index (κ3) is 32.0. The number of aliphatic hydroxyl groups is 2. The minimum Gasteiger partial charge on any atom is -1.00 e. The number of rotatable bonds is 3. The molecule has 0 aromatic carbocycles. The van der Waals surface area contributed by atoms with Gasteiger partial charge in [0.15, 0.2) is 0 Å². The van der Waals surface area contributed by atoms with Crippen molar-refractivity contribution >= 4 is 0 Å². The van der Waals surface area contributed by atoms with Crippen LogP contribution in [-0.4, -0.2) is 55.6 Å². The maximum atomic E-state index is 8.42. The number of quaternary nitrogens is 1. The highest BCUT2D eigenvalue weighted by molar-refractivity contribution is 4.28. The van der Waals surface area contributed by atoms with Gasteiger partial charge in [0.25, 0.3) is 0 Å². The fourth-order valence-corrected chi connectivity index (χ4v) is 0.545. The second-order valence-corrected chi connectivity index (χ2v) is 3.31. The summed E-state index contributed by atoms with van der Waals surface area (Å²) in [7, 11) is 6.36. The lowest BCUT2D eigenvalue weighted by molar-refractivity contribution is -0.870. The summed E-state index contributed by atoms with van der Waals surface area (Å²) in [4.78, 5) is 0. The first-order chi connectivity index (χ1) is 4.97. The van der Waals surface area contributed by atoms with E-state index < -0.39 is 0 Å². The van der Waals surface area contributed by atoms with Crippen molar-refractivity contribution in [1.29, 1.82) is 0 Å². The lowest BCUT2D eigenvalue weighted by Gasteiger charge is -2.22. The molecular weight excluding hydrogens is 178 g/mol. The first-order valence-corrected chi connectivity index (χ1v) is 3.79. The summed E-state index contributed by atoms with van der Waals surface area (Å²) in [5.41, 5.74) is 0. The molecule has 3 nitrogen and oxygen atoms in total. The van der Waals surface area contributed by atoms with Gasteiger partial charge in [0.05, 0.1) is 27.7 Å². The molecule has 0 spiro atoms. The van der Waals surface area contributed by atoms with Crippen molar-refractivity contribution in [1.82, 2.24) is 0 Å². The monoisotopic (exact) mass is 198 g/mol. The Morgan fingerprint density at radius 2 is 1.50 bits per heavy atom. The van der Waals surface area contributed by atoms with Crippen molar-refractivity contribution in [2.75, 3.05) is 40.9 Å². The van der Waals surface area contributed by atoms with E-state index in [9.17, 15) is 0 Å². The summed E-state index contributed by atoms with van der Waals surface area (Å²) in [6, 6.07) is 0. The van der Waals surface area contributed by atoms with Gasteiger partial charge in [0, 0.05) is 19.6 Å². The minimum absolute atomic E-state index is 0. The van der Waals surface area contributed by atoms with Gasteiger partial charge in [-0.25, -0.2) is 0 Å². The Labute approximate surface area is 82.0 Å². The van der Waals surface area contributed by atoms with Crippen LogP contribution in [0.5, 0.6) is 0 Å². The highest BCUT2D eigenvalue weighted by atomic mass is 35.5. The molecule has 0 unspecified atom stereocenters. The largest absolute Gasteiger partial charge is 1.00 e. The minimum atomic E-state index is 0. The van der Waals surface area contributed by atoms with Crippen molar-refractivity contribution in [3.05, 3.63) is 6.92 Å². The molecule has 1 radical (unpaired) electrons. The summed E-state index contributed by atoms with van der Waals surface area (Å²) in [6.45, 7) is 4.41. The van der Waals surface area contributed by atoms with Gasteiger partial charge in [-0.05, 0) is 6.92 Å². The average molecular weight is 199 g/mol. The molecule has 0 amide bonds. The maximum Gasteiger partial charge on any atom is 0.0802 e. The Morgan fingerprint density at radius 1 is 1.17 bits per heavy atom. The smallest absolute Gasteiger partial charge is 0.0802 e. The molecule has 0 bridgehead atoms. The Morgan fingerprint density at radius 3 is 1.58 bits per heavy atom. The molecule has 0 heterocycles. The van der Waals surface area contributed by atoms with Crippen LogP contribution in [-0.2, 0) is 0 Å². The van der Waals surface area contributed by atoms with E-state index in [1.165, 1.54) is 0 Å². The average Bonchev–Trinajstić information content (AvgIpc) is 1.84. The van der Waals surface area contributed by atoms with Crippen LogP contribution in [0.25, 0.3) is 0 Å². The van der Waals surface area contributed by atoms with Crippen molar-refractivity contribution in [3.63, 3.8) is 0 Å². The summed E-state index contributed by atoms with van der Waals surface area (Å²) in [6.07, 6.45) is 0.906. The fraction of sp³-hybridized carbons (Fsp3) is 0.875. The molecule has 0 aliphatic carbocycles. The van der Waals surface area contributed by atoms with Crippen molar-refractivity contribution in [2.45, 2.75) is 6.42 Å². The molecule has 0 atom stereocenters. The highest BCUT2D eigenvalue weighted by Gasteiger charge is 2.03. The van der Waals surface area contributed by atoms with E-state index in [-0.39, 0.29) is 19.0 Å². The van der Waals surface area contributed by atoms with Crippen LogP contribution in [0.1, 0.15) is 6.42 Å². The van der Waals surface area contributed by atoms with E-state index >= 15 is 0 Å². The zero-order chi connectivity index (χ0) is 9.33. The Bertz CT molecular complexity index is 73.9. The quantitative estimate of drug-likeness (QED) is 0.472. The molecule has 0 aliphatic rings. The van der Waals surface area contributed by atoms with Gasteiger partial charge in [-0.15, -0.1) is 0 Å². The molecule has 77 valence electrons. The topological polar surface area (TPSA) is 40.5 Å². The molecule has 0 aromatic rings. The maximum absolute atomic E-state index is 8.42. The van der Waals surface area contributed by atoms with Gasteiger partial charge in [0.2, 0.25) is 0 Å². The molecule has 0 saturated heterocycles.